The van der Waals surface area contributed by atoms with Gasteiger partial charge in [0.25, 0.3) is 0 Å². The number of nitrogens with zero attached hydrogens (tertiary/aromatic N) is 1. The van der Waals surface area contributed by atoms with Crippen molar-refractivity contribution in [2.24, 2.45) is 4.99 Å². The predicted molar refractivity (Wildman–Crippen MR) is 78.1 cm³/mol. The van der Waals surface area contributed by atoms with Crippen LogP contribution in [0.3, 0.4) is 0 Å². The molecule has 0 aromatic heterocycles. The summed E-state index contributed by atoms with van der Waals surface area (Å²) in [6.07, 6.45) is 1.09. The van der Waals surface area contributed by atoms with E-state index < -0.39 is 29.1 Å². The van der Waals surface area contributed by atoms with E-state index in [1.165, 1.54) is 0 Å². The van der Waals surface area contributed by atoms with Crippen LogP contribution in [-0.2, 0) is 9.53 Å². The number of hydrogen-bond donors (Lipinski definition) is 1. The molecule has 1 N–H and O–H groups in total. The quantitative estimate of drug-likeness (QED) is 0.379. The number of methoxy groups -OCH3 is 1. The van der Waals surface area contributed by atoms with Crippen molar-refractivity contribution in [3.05, 3.63) is 34.9 Å². The predicted octanol–water partition coefficient (Wildman–Crippen LogP) is 2.90. The molecule has 0 saturated carbocycles. The minimum Gasteiger partial charge on any atom is -0.506 e. The van der Waals surface area contributed by atoms with Gasteiger partial charge >= 0.3 is 5.97 Å². The molecule has 0 saturated heterocycles. The van der Waals surface area contributed by atoms with Crippen LogP contribution in [0, 0.1) is 11.6 Å². The van der Waals surface area contributed by atoms with E-state index in [0.717, 1.165) is 25.5 Å². The Labute approximate surface area is 126 Å². The first-order valence-electron chi connectivity index (χ1n) is 6.60. The van der Waals surface area contributed by atoms with E-state index in [9.17, 15) is 18.7 Å². The molecule has 1 rings (SSSR count). The zero-order valence-corrected chi connectivity index (χ0v) is 12.5. The van der Waals surface area contributed by atoms with Gasteiger partial charge in [-0.2, -0.15) is 0 Å². The standard InChI is InChI=1S/C15H17F2NO4/c1-4-18-8-10(15(20)22-5-2)13(19)9-6-7-11(16)14(21-3)12(9)17/h6-8,19H,4-5H2,1-3H3. The van der Waals surface area contributed by atoms with Crippen LogP contribution in [0.2, 0.25) is 0 Å². The fraction of sp³-hybridized carbons (Fsp3) is 0.333. The van der Waals surface area contributed by atoms with Gasteiger partial charge < -0.3 is 14.6 Å². The third-order valence-corrected chi connectivity index (χ3v) is 2.66. The lowest BCUT2D eigenvalue weighted by molar-refractivity contribution is -0.137. The van der Waals surface area contributed by atoms with Gasteiger partial charge in [0.05, 0.1) is 19.3 Å². The smallest absolute Gasteiger partial charge is 0.343 e. The van der Waals surface area contributed by atoms with Crippen molar-refractivity contribution in [1.82, 2.24) is 0 Å². The molecule has 0 heterocycles. The van der Waals surface area contributed by atoms with E-state index in [2.05, 4.69) is 9.73 Å². The van der Waals surface area contributed by atoms with Crippen LogP contribution in [0.4, 0.5) is 8.78 Å². The van der Waals surface area contributed by atoms with Gasteiger partial charge in [-0.1, -0.05) is 0 Å². The van der Waals surface area contributed by atoms with Crippen molar-refractivity contribution in [2.45, 2.75) is 13.8 Å². The summed E-state index contributed by atoms with van der Waals surface area (Å²) in [6.45, 7) is 3.74. The second-order valence-corrected chi connectivity index (χ2v) is 4.05. The van der Waals surface area contributed by atoms with Crippen LogP contribution >= 0.6 is 0 Å². The van der Waals surface area contributed by atoms with Crippen LogP contribution in [0.15, 0.2) is 22.7 Å². The van der Waals surface area contributed by atoms with E-state index in [4.69, 9.17) is 4.74 Å². The summed E-state index contributed by atoms with van der Waals surface area (Å²) in [7, 11) is 1.09. The summed E-state index contributed by atoms with van der Waals surface area (Å²) in [5.41, 5.74) is -0.708. The number of carbonyl (C=O) groups is 1. The molecule has 0 radical (unpaired) electrons. The van der Waals surface area contributed by atoms with E-state index >= 15 is 0 Å². The van der Waals surface area contributed by atoms with Crippen LogP contribution in [0.25, 0.3) is 5.76 Å². The van der Waals surface area contributed by atoms with Gasteiger partial charge in [0.1, 0.15) is 11.3 Å². The number of halogens is 2. The zero-order chi connectivity index (χ0) is 16.7. The third kappa shape index (κ3) is 3.81. The van der Waals surface area contributed by atoms with Gasteiger partial charge in [-0.3, -0.25) is 4.99 Å². The molecule has 1 aromatic rings. The number of ether oxygens (including phenoxy) is 2. The maximum absolute atomic E-state index is 14.2. The molecule has 0 bridgehead atoms. The largest absolute Gasteiger partial charge is 0.506 e. The topological polar surface area (TPSA) is 68.1 Å². The Hall–Kier alpha value is -2.44. The molecular weight excluding hydrogens is 296 g/mol. The molecule has 120 valence electrons. The van der Waals surface area contributed by atoms with Crippen molar-refractivity contribution in [3.8, 4) is 5.75 Å². The molecule has 0 spiro atoms. The lowest BCUT2D eigenvalue weighted by atomic mass is 10.1. The summed E-state index contributed by atoms with van der Waals surface area (Å²) in [5, 5.41) is 10.2. The maximum Gasteiger partial charge on any atom is 0.343 e. The molecule has 7 heteroatoms. The van der Waals surface area contributed by atoms with E-state index in [-0.39, 0.29) is 17.7 Å². The van der Waals surface area contributed by atoms with Crippen LogP contribution < -0.4 is 4.74 Å². The summed E-state index contributed by atoms with van der Waals surface area (Å²) < 4.78 is 36.9. The van der Waals surface area contributed by atoms with Crippen LogP contribution in [-0.4, -0.2) is 37.6 Å². The highest BCUT2D eigenvalue weighted by atomic mass is 19.1. The second kappa shape index (κ2) is 8.11. The third-order valence-electron chi connectivity index (χ3n) is 2.66. The Bertz CT molecular complexity index is 612. The Morgan fingerprint density at radius 2 is 2.05 bits per heavy atom. The Morgan fingerprint density at radius 3 is 2.59 bits per heavy atom. The Kier molecular flexibility index (Phi) is 6.49. The van der Waals surface area contributed by atoms with Crippen LogP contribution in [0.1, 0.15) is 19.4 Å². The minimum absolute atomic E-state index is 0.0742. The number of benzene rings is 1. The first kappa shape index (κ1) is 17.6. The number of esters is 1. The van der Waals surface area contributed by atoms with Crippen molar-refractivity contribution < 1.29 is 28.2 Å². The van der Waals surface area contributed by atoms with Gasteiger partial charge in [-0.15, -0.1) is 0 Å². The van der Waals surface area contributed by atoms with Crippen molar-refractivity contribution >= 4 is 17.9 Å². The number of carbonyl (C=O) groups excluding carboxylic acids is 1. The minimum atomic E-state index is -1.12. The first-order valence-corrected chi connectivity index (χ1v) is 6.60. The molecule has 0 fully saturated rings. The number of rotatable bonds is 6. The zero-order valence-electron chi connectivity index (χ0n) is 12.5. The van der Waals surface area contributed by atoms with Gasteiger partial charge in [-0.05, 0) is 26.0 Å². The normalized spacial score (nSPS) is 12.2. The highest BCUT2D eigenvalue weighted by Crippen LogP contribution is 2.29. The lowest BCUT2D eigenvalue weighted by Crippen LogP contribution is -2.12. The molecule has 5 nitrogen and oxygen atoms in total. The van der Waals surface area contributed by atoms with E-state index in [0.29, 0.717) is 6.54 Å². The lowest BCUT2D eigenvalue weighted by Gasteiger charge is -2.10. The molecule has 0 aliphatic heterocycles. The molecule has 22 heavy (non-hydrogen) atoms. The molecule has 0 aliphatic carbocycles. The number of hydrogen-bond acceptors (Lipinski definition) is 5. The molecule has 0 aliphatic rings. The van der Waals surface area contributed by atoms with Gasteiger partial charge in [0.15, 0.2) is 17.4 Å². The van der Waals surface area contributed by atoms with Crippen LogP contribution in [0.5, 0.6) is 5.75 Å². The number of aliphatic imine (C=N–C) groups is 1. The Morgan fingerprint density at radius 1 is 1.36 bits per heavy atom. The summed E-state index contributed by atoms with van der Waals surface area (Å²) in [5.74, 6) is -4.26. The number of aliphatic hydroxyl groups is 1. The fourth-order valence-corrected chi connectivity index (χ4v) is 1.65. The summed E-state index contributed by atoms with van der Waals surface area (Å²) in [4.78, 5) is 15.7. The Balaban J connectivity index is 3.47. The average Bonchev–Trinajstić information content (AvgIpc) is 2.48. The molecular formula is C15H17F2NO4. The molecule has 0 unspecified atom stereocenters. The second-order valence-electron chi connectivity index (χ2n) is 4.05. The molecule has 0 amide bonds. The fourth-order valence-electron chi connectivity index (χ4n) is 1.65. The first-order chi connectivity index (χ1) is 10.5. The summed E-state index contributed by atoms with van der Waals surface area (Å²) in [6, 6.07) is 1.93. The maximum atomic E-state index is 14.2. The van der Waals surface area contributed by atoms with Gasteiger partial charge in [-0.25, -0.2) is 13.6 Å². The van der Waals surface area contributed by atoms with Gasteiger partial charge in [0.2, 0.25) is 0 Å². The highest BCUT2D eigenvalue weighted by molar-refractivity contribution is 6.15. The molecule has 1 aromatic carbocycles. The van der Waals surface area contributed by atoms with E-state index in [1.807, 2.05) is 0 Å². The highest BCUT2D eigenvalue weighted by Gasteiger charge is 2.22. The summed E-state index contributed by atoms with van der Waals surface area (Å²) >= 11 is 0. The van der Waals surface area contributed by atoms with Crippen molar-refractivity contribution in [1.29, 1.82) is 0 Å². The van der Waals surface area contributed by atoms with E-state index in [1.54, 1.807) is 13.8 Å². The van der Waals surface area contributed by atoms with Crippen molar-refractivity contribution in [3.63, 3.8) is 0 Å². The average molecular weight is 313 g/mol. The monoisotopic (exact) mass is 313 g/mol. The van der Waals surface area contributed by atoms with Gasteiger partial charge in [0, 0.05) is 12.8 Å². The SMILES string of the molecule is CCN=CC(C(=O)OCC)=C(O)c1ccc(F)c(OC)c1F. The molecule has 0 atom stereocenters. The van der Waals surface area contributed by atoms with Crippen molar-refractivity contribution in [2.75, 3.05) is 20.3 Å². The number of aliphatic hydroxyl groups excluding tert-OH is 1.